The summed E-state index contributed by atoms with van der Waals surface area (Å²) in [5.74, 6) is 0. The maximum Gasteiger partial charge on any atom is 0.278 e. The van der Waals surface area contributed by atoms with Crippen LogP contribution in [-0.2, 0) is 6.42 Å². The molecule has 0 bridgehead atoms. The zero-order valence-electron chi connectivity index (χ0n) is 8.91. The Morgan fingerprint density at radius 3 is 2.67 bits per heavy atom. The van der Waals surface area contributed by atoms with Crippen LogP contribution in [0.1, 0.15) is 18.1 Å². The second-order valence-electron chi connectivity index (χ2n) is 3.10. The van der Waals surface area contributed by atoms with E-state index < -0.39 is 4.92 Å². The van der Waals surface area contributed by atoms with Gasteiger partial charge in [0.2, 0.25) is 0 Å². The van der Waals surface area contributed by atoms with Gasteiger partial charge in [-0.2, -0.15) is 0 Å². The maximum atomic E-state index is 10.8. The van der Waals surface area contributed by atoms with E-state index in [0.29, 0.717) is 5.56 Å². The van der Waals surface area contributed by atoms with E-state index in [9.17, 15) is 10.1 Å². The molecule has 1 rings (SSSR count). The van der Waals surface area contributed by atoms with Crippen LogP contribution in [0.5, 0.6) is 0 Å². The van der Waals surface area contributed by atoms with Gasteiger partial charge in [-0.1, -0.05) is 25.6 Å². The minimum Gasteiger partial charge on any atom is -0.387 e. The number of nitrogens with one attached hydrogen (secondary N) is 1. The van der Waals surface area contributed by atoms with E-state index in [1.165, 1.54) is 12.1 Å². The number of rotatable bonds is 4. The highest BCUT2D eigenvalue weighted by atomic mass is 16.6. The molecule has 0 radical (unpaired) electrons. The molecule has 1 N–H and O–H groups in total. The highest BCUT2D eigenvalue weighted by Gasteiger charge is 2.16. The largest absolute Gasteiger partial charge is 0.387 e. The molecule has 15 heavy (non-hydrogen) atoms. The minimum atomic E-state index is -0.392. The van der Waals surface area contributed by atoms with Crippen LogP contribution in [-0.4, -0.2) is 12.0 Å². The Morgan fingerprint density at radius 2 is 2.27 bits per heavy atom. The first-order valence-corrected chi connectivity index (χ1v) is 4.76. The SMILES string of the molecule is C=Cc1c([N+](=O)[O-])ccc(CC)c1NC. The molecular weight excluding hydrogens is 192 g/mol. The van der Waals surface area contributed by atoms with E-state index in [1.807, 2.05) is 6.92 Å². The van der Waals surface area contributed by atoms with Gasteiger partial charge >= 0.3 is 0 Å². The first-order valence-electron chi connectivity index (χ1n) is 4.76. The number of hydrogen-bond acceptors (Lipinski definition) is 3. The fourth-order valence-electron chi connectivity index (χ4n) is 1.61. The summed E-state index contributed by atoms with van der Waals surface area (Å²) in [6.07, 6.45) is 2.35. The molecule has 0 fully saturated rings. The summed E-state index contributed by atoms with van der Waals surface area (Å²) in [5.41, 5.74) is 2.49. The van der Waals surface area contributed by atoms with Crippen LogP contribution >= 0.6 is 0 Å². The van der Waals surface area contributed by atoms with Crippen molar-refractivity contribution in [3.8, 4) is 0 Å². The van der Waals surface area contributed by atoms with Gasteiger partial charge in [0.1, 0.15) is 0 Å². The average molecular weight is 206 g/mol. The van der Waals surface area contributed by atoms with Crippen LogP contribution in [0.2, 0.25) is 0 Å². The lowest BCUT2D eigenvalue weighted by Crippen LogP contribution is -2.01. The molecule has 0 amide bonds. The molecule has 0 saturated carbocycles. The molecule has 0 aliphatic rings. The quantitative estimate of drug-likeness (QED) is 0.608. The molecular formula is C11H14N2O2. The molecule has 0 unspecified atom stereocenters. The Hall–Kier alpha value is -1.84. The summed E-state index contributed by atoms with van der Waals surface area (Å²) >= 11 is 0. The fraction of sp³-hybridized carbons (Fsp3) is 0.273. The first kappa shape index (κ1) is 11.2. The third kappa shape index (κ3) is 1.98. The van der Waals surface area contributed by atoms with Crippen molar-refractivity contribution in [3.05, 3.63) is 40.0 Å². The van der Waals surface area contributed by atoms with Crippen molar-refractivity contribution >= 4 is 17.5 Å². The molecule has 1 aromatic rings. The van der Waals surface area contributed by atoms with Gasteiger partial charge in [-0.25, -0.2) is 0 Å². The fourth-order valence-corrected chi connectivity index (χ4v) is 1.61. The zero-order chi connectivity index (χ0) is 11.4. The molecule has 1 aromatic carbocycles. The number of aryl methyl sites for hydroxylation is 1. The van der Waals surface area contributed by atoms with Gasteiger partial charge in [-0.05, 0) is 12.0 Å². The highest BCUT2D eigenvalue weighted by molar-refractivity contribution is 5.76. The zero-order valence-corrected chi connectivity index (χ0v) is 8.91. The van der Waals surface area contributed by atoms with Crippen LogP contribution in [0, 0.1) is 10.1 Å². The van der Waals surface area contributed by atoms with Gasteiger partial charge in [-0.3, -0.25) is 10.1 Å². The normalized spacial score (nSPS) is 9.73. The minimum absolute atomic E-state index is 0.0894. The summed E-state index contributed by atoms with van der Waals surface area (Å²) in [6, 6.07) is 3.30. The van der Waals surface area contributed by atoms with E-state index in [1.54, 1.807) is 13.1 Å². The first-order chi connectivity index (χ1) is 7.15. The molecule has 0 aromatic heterocycles. The number of benzene rings is 1. The smallest absolute Gasteiger partial charge is 0.278 e. The van der Waals surface area contributed by atoms with Crippen molar-refractivity contribution in [2.75, 3.05) is 12.4 Å². The van der Waals surface area contributed by atoms with E-state index in [-0.39, 0.29) is 5.69 Å². The van der Waals surface area contributed by atoms with Gasteiger partial charge in [0.05, 0.1) is 16.2 Å². The second-order valence-corrected chi connectivity index (χ2v) is 3.10. The van der Waals surface area contributed by atoms with Crippen molar-refractivity contribution in [2.45, 2.75) is 13.3 Å². The van der Waals surface area contributed by atoms with Crippen LogP contribution in [0.3, 0.4) is 0 Å². The van der Waals surface area contributed by atoms with Gasteiger partial charge in [0.25, 0.3) is 5.69 Å². The van der Waals surface area contributed by atoms with E-state index in [4.69, 9.17) is 0 Å². The Kier molecular flexibility index (Phi) is 3.44. The number of nitro benzene ring substituents is 1. The van der Waals surface area contributed by atoms with Crippen molar-refractivity contribution < 1.29 is 4.92 Å². The van der Waals surface area contributed by atoms with E-state index >= 15 is 0 Å². The van der Waals surface area contributed by atoms with Crippen LogP contribution in [0.4, 0.5) is 11.4 Å². The van der Waals surface area contributed by atoms with E-state index in [0.717, 1.165) is 17.7 Å². The lowest BCUT2D eigenvalue weighted by Gasteiger charge is -2.10. The van der Waals surface area contributed by atoms with Gasteiger partial charge in [0, 0.05) is 13.1 Å². The average Bonchev–Trinajstić information content (AvgIpc) is 2.26. The second kappa shape index (κ2) is 4.59. The van der Waals surface area contributed by atoms with Crippen molar-refractivity contribution in [1.29, 1.82) is 0 Å². The molecule has 0 heterocycles. The molecule has 0 atom stereocenters. The molecule has 0 aliphatic heterocycles. The maximum absolute atomic E-state index is 10.8. The van der Waals surface area contributed by atoms with Gasteiger partial charge < -0.3 is 5.32 Å². The highest BCUT2D eigenvalue weighted by Crippen LogP contribution is 2.30. The molecule has 0 saturated heterocycles. The summed E-state index contributed by atoms with van der Waals surface area (Å²) in [5, 5.41) is 13.8. The number of nitro groups is 1. The Balaban J connectivity index is 3.47. The molecule has 80 valence electrons. The molecule has 0 spiro atoms. The predicted molar refractivity (Wildman–Crippen MR) is 62.1 cm³/mol. The van der Waals surface area contributed by atoms with Gasteiger partial charge in [0.15, 0.2) is 0 Å². The summed E-state index contributed by atoms with van der Waals surface area (Å²) in [4.78, 5) is 10.4. The number of nitrogens with zero attached hydrogens (tertiary/aromatic N) is 1. The molecule has 0 aliphatic carbocycles. The Bertz CT molecular complexity index is 400. The van der Waals surface area contributed by atoms with Crippen molar-refractivity contribution in [1.82, 2.24) is 0 Å². The lowest BCUT2D eigenvalue weighted by molar-refractivity contribution is -0.385. The monoisotopic (exact) mass is 206 g/mol. The third-order valence-electron chi connectivity index (χ3n) is 2.34. The standard InChI is InChI=1S/C11H14N2O2/c1-4-8-6-7-10(13(14)15)9(5-2)11(8)12-3/h5-7,12H,2,4H2,1,3H3. The van der Waals surface area contributed by atoms with Gasteiger partial charge in [-0.15, -0.1) is 0 Å². The van der Waals surface area contributed by atoms with Crippen molar-refractivity contribution in [2.24, 2.45) is 0 Å². The number of hydrogen-bond donors (Lipinski definition) is 1. The van der Waals surface area contributed by atoms with Crippen LogP contribution in [0.15, 0.2) is 18.7 Å². The third-order valence-corrected chi connectivity index (χ3v) is 2.34. The number of anilines is 1. The molecule has 4 nitrogen and oxygen atoms in total. The van der Waals surface area contributed by atoms with Crippen molar-refractivity contribution in [3.63, 3.8) is 0 Å². The predicted octanol–water partition coefficient (Wildman–Crippen LogP) is 2.84. The Morgan fingerprint density at radius 1 is 1.60 bits per heavy atom. The summed E-state index contributed by atoms with van der Waals surface area (Å²) in [7, 11) is 1.76. The summed E-state index contributed by atoms with van der Waals surface area (Å²) < 4.78 is 0. The topological polar surface area (TPSA) is 55.2 Å². The lowest BCUT2D eigenvalue weighted by atomic mass is 10.0. The van der Waals surface area contributed by atoms with Crippen LogP contribution in [0.25, 0.3) is 6.08 Å². The van der Waals surface area contributed by atoms with Crippen LogP contribution < -0.4 is 5.32 Å². The van der Waals surface area contributed by atoms with E-state index in [2.05, 4.69) is 11.9 Å². The summed E-state index contributed by atoms with van der Waals surface area (Å²) in [6.45, 7) is 5.62. The molecule has 4 heteroatoms. The Labute approximate surface area is 88.8 Å².